The monoisotopic (exact) mass is 225 g/mol. The number of nitrogens with zero attached hydrogens (tertiary/aromatic N) is 1. The molecule has 4 heteroatoms. The van der Waals surface area contributed by atoms with Crippen molar-refractivity contribution in [2.45, 2.75) is 45.8 Å². The zero-order valence-corrected chi connectivity index (χ0v) is 10.3. The predicted octanol–water partition coefficient (Wildman–Crippen LogP) is 1.83. The third-order valence-corrected chi connectivity index (χ3v) is 3.40. The van der Waals surface area contributed by atoms with Gasteiger partial charge < -0.3 is 9.64 Å². The normalized spacial score (nSPS) is 32.2. The van der Waals surface area contributed by atoms with Gasteiger partial charge in [0.15, 0.2) is 0 Å². The summed E-state index contributed by atoms with van der Waals surface area (Å²) in [7, 11) is 0. The molecule has 2 saturated heterocycles. The van der Waals surface area contributed by atoms with E-state index in [0.717, 1.165) is 6.42 Å². The number of rotatable bonds is 1. The van der Waals surface area contributed by atoms with Gasteiger partial charge in [0.2, 0.25) is 0 Å². The van der Waals surface area contributed by atoms with E-state index in [1.54, 1.807) is 11.8 Å². The first kappa shape index (κ1) is 11.4. The van der Waals surface area contributed by atoms with Crippen LogP contribution in [0.1, 0.15) is 34.1 Å². The number of hydrogen-bond donors (Lipinski definition) is 0. The lowest BCUT2D eigenvalue weighted by atomic mass is 9.72. The van der Waals surface area contributed by atoms with Crippen LogP contribution < -0.4 is 0 Å². The Morgan fingerprint density at radius 3 is 2.38 bits per heavy atom. The van der Waals surface area contributed by atoms with Gasteiger partial charge in [-0.05, 0) is 40.0 Å². The summed E-state index contributed by atoms with van der Waals surface area (Å²) in [4.78, 5) is 24.9. The summed E-state index contributed by atoms with van der Waals surface area (Å²) in [6.45, 7) is 7.86. The molecule has 4 nitrogen and oxygen atoms in total. The quantitative estimate of drug-likeness (QED) is 0.684. The lowest BCUT2D eigenvalue weighted by Gasteiger charge is -2.34. The Balaban J connectivity index is 1.99. The van der Waals surface area contributed by atoms with Crippen LogP contribution >= 0.6 is 0 Å². The maximum atomic E-state index is 11.9. The van der Waals surface area contributed by atoms with Crippen molar-refractivity contribution < 1.29 is 14.3 Å². The molecule has 3 rings (SSSR count). The Hall–Kier alpha value is -1.06. The lowest BCUT2D eigenvalue weighted by molar-refractivity contribution is -0.125. The smallest absolute Gasteiger partial charge is 0.410 e. The van der Waals surface area contributed by atoms with Gasteiger partial charge in [0.1, 0.15) is 11.4 Å². The SMILES string of the molecule is CC(=O)C1[C@@H]2C[C@H]1N(C(=O)OC(C)(C)C)C2. The minimum Gasteiger partial charge on any atom is -0.444 e. The Morgan fingerprint density at radius 2 is 1.94 bits per heavy atom. The molecule has 1 unspecified atom stereocenters. The van der Waals surface area contributed by atoms with Gasteiger partial charge in [-0.3, -0.25) is 4.79 Å². The molecule has 2 bridgehead atoms. The number of carbonyl (C=O) groups is 2. The van der Waals surface area contributed by atoms with Crippen LogP contribution in [-0.4, -0.2) is 35.0 Å². The van der Waals surface area contributed by atoms with Gasteiger partial charge in [-0.15, -0.1) is 0 Å². The van der Waals surface area contributed by atoms with Crippen molar-refractivity contribution in [1.82, 2.24) is 4.90 Å². The Bertz CT molecular complexity index is 332. The third-order valence-electron chi connectivity index (χ3n) is 3.40. The van der Waals surface area contributed by atoms with E-state index >= 15 is 0 Å². The number of ketones is 1. The van der Waals surface area contributed by atoms with Crippen LogP contribution in [0.4, 0.5) is 4.79 Å². The van der Waals surface area contributed by atoms with Gasteiger partial charge in [0.25, 0.3) is 0 Å². The van der Waals surface area contributed by atoms with Crippen molar-refractivity contribution in [2.75, 3.05) is 6.54 Å². The summed E-state index contributed by atoms with van der Waals surface area (Å²) in [5.74, 6) is 0.634. The summed E-state index contributed by atoms with van der Waals surface area (Å²) in [5.41, 5.74) is -0.463. The average Bonchev–Trinajstić information content (AvgIpc) is 2.53. The van der Waals surface area contributed by atoms with Crippen LogP contribution in [-0.2, 0) is 9.53 Å². The van der Waals surface area contributed by atoms with Crippen LogP contribution in [0.5, 0.6) is 0 Å². The fourth-order valence-corrected chi connectivity index (χ4v) is 2.75. The molecule has 3 aliphatic rings. The maximum Gasteiger partial charge on any atom is 0.410 e. The van der Waals surface area contributed by atoms with Crippen molar-refractivity contribution >= 4 is 11.9 Å². The standard InChI is InChI=1S/C12H19NO3/c1-7(14)10-8-5-9(10)13(6-8)11(15)16-12(2,3)4/h8-10H,5-6H2,1-4H3/t8-,9-,10?/m1/s1. The van der Waals surface area contributed by atoms with Gasteiger partial charge in [0.05, 0.1) is 0 Å². The zero-order valence-electron chi connectivity index (χ0n) is 10.3. The van der Waals surface area contributed by atoms with Crippen molar-refractivity contribution in [1.29, 1.82) is 0 Å². The topological polar surface area (TPSA) is 46.6 Å². The highest BCUT2D eigenvalue weighted by atomic mass is 16.6. The molecule has 3 atom stereocenters. The van der Waals surface area contributed by atoms with E-state index in [4.69, 9.17) is 4.74 Å². The van der Waals surface area contributed by atoms with Gasteiger partial charge in [-0.2, -0.15) is 0 Å². The molecule has 0 spiro atoms. The van der Waals surface area contributed by atoms with Crippen LogP contribution in [0.25, 0.3) is 0 Å². The number of carbonyl (C=O) groups excluding carboxylic acids is 2. The fourth-order valence-electron chi connectivity index (χ4n) is 2.75. The lowest BCUT2D eigenvalue weighted by Crippen LogP contribution is -2.45. The minimum absolute atomic E-state index is 0.0625. The molecule has 0 aromatic carbocycles. The minimum atomic E-state index is -0.463. The molecule has 90 valence electrons. The number of hydrogen-bond acceptors (Lipinski definition) is 3. The first-order valence-electron chi connectivity index (χ1n) is 5.79. The molecule has 3 fully saturated rings. The summed E-state index contributed by atoms with van der Waals surface area (Å²) in [6, 6.07) is 0.0948. The number of ether oxygens (including phenoxy) is 1. The van der Waals surface area contributed by atoms with Gasteiger partial charge in [-0.1, -0.05) is 0 Å². The van der Waals surface area contributed by atoms with Crippen molar-refractivity contribution in [2.24, 2.45) is 11.8 Å². The zero-order chi connectivity index (χ0) is 12.1. The fraction of sp³-hybridized carbons (Fsp3) is 0.833. The van der Waals surface area contributed by atoms with Crippen molar-refractivity contribution in [3.63, 3.8) is 0 Å². The highest BCUT2D eigenvalue weighted by molar-refractivity contribution is 5.83. The summed E-state index contributed by atoms with van der Waals surface area (Å²) >= 11 is 0. The summed E-state index contributed by atoms with van der Waals surface area (Å²) in [5, 5.41) is 0. The first-order chi connectivity index (χ1) is 7.29. The molecule has 0 aromatic heterocycles. The van der Waals surface area contributed by atoms with E-state index < -0.39 is 5.60 Å². The number of fused-ring (bicyclic) bond motifs is 1. The Kier molecular flexibility index (Phi) is 2.48. The molecule has 0 aromatic rings. The Morgan fingerprint density at radius 1 is 1.31 bits per heavy atom. The van der Waals surface area contributed by atoms with E-state index in [1.807, 2.05) is 20.8 Å². The average molecular weight is 225 g/mol. The van der Waals surface area contributed by atoms with Crippen LogP contribution in [0.15, 0.2) is 0 Å². The van der Waals surface area contributed by atoms with Gasteiger partial charge in [-0.25, -0.2) is 4.79 Å². The highest BCUT2D eigenvalue weighted by Crippen LogP contribution is 2.47. The van der Waals surface area contributed by atoms with E-state index in [0.29, 0.717) is 12.5 Å². The van der Waals surface area contributed by atoms with E-state index in [-0.39, 0.29) is 23.8 Å². The second-order valence-electron chi connectivity index (χ2n) is 5.83. The Labute approximate surface area is 95.9 Å². The number of amides is 1. The molecule has 2 heterocycles. The van der Waals surface area contributed by atoms with E-state index in [1.165, 1.54) is 0 Å². The third kappa shape index (κ3) is 1.81. The molecule has 0 radical (unpaired) electrons. The predicted molar refractivity (Wildman–Crippen MR) is 59.0 cm³/mol. The first-order valence-corrected chi connectivity index (χ1v) is 5.79. The van der Waals surface area contributed by atoms with Crippen LogP contribution in [0.3, 0.4) is 0 Å². The van der Waals surface area contributed by atoms with Gasteiger partial charge in [0, 0.05) is 18.5 Å². The summed E-state index contributed by atoms with van der Waals surface area (Å²) < 4.78 is 5.32. The largest absolute Gasteiger partial charge is 0.444 e. The molecule has 2 aliphatic heterocycles. The van der Waals surface area contributed by atoms with Crippen LogP contribution in [0, 0.1) is 11.8 Å². The molecule has 0 N–H and O–H groups in total. The molecule has 1 saturated carbocycles. The molecular formula is C12H19NO3. The molecule has 1 aliphatic carbocycles. The molecule has 1 amide bonds. The van der Waals surface area contributed by atoms with E-state index in [2.05, 4.69) is 0 Å². The second kappa shape index (κ2) is 3.47. The van der Waals surface area contributed by atoms with Crippen molar-refractivity contribution in [3.8, 4) is 0 Å². The van der Waals surface area contributed by atoms with E-state index in [9.17, 15) is 9.59 Å². The second-order valence-corrected chi connectivity index (χ2v) is 5.83. The van der Waals surface area contributed by atoms with Crippen LogP contribution in [0.2, 0.25) is 0 Å². The summed E-state index contributed by atoms with van der Waals surface area (Å²) in [6.07, 6.45) is 0.687. The molecule has 16 heavy (non-hydrogen) atoms. The highest BCUT2D eigenvalue weighted by Gasteiger charge is 2.56. The maximum absolute atomic E-state index is 11.9. The number of Topliss-reactive ketones (excluding diaryl/α,β-unsaturated/α-hetero) is 1. The van der Waals surface area contributed by atoms with Crippen molar-refractivity contribution in [3.05, 3.63) is 0 Å². The van der Waals surface area contributed by atoms with Gasteiger partial charge >= 0.3 is 6.09 Å². The molecular weight excluding hydrogens is 206 g/mol.